The summed E-state index contributed by atoms with van der Waals surface area (Å²) in [5, 5.41) is 0. The van der Waals surface area contributed by atoms with Gasteiger partial charge in [0.05, 0.1) is 13.7 Å². The second kappa shape index (κ2) is 5.86. The topological polar surface area (TPSA) is 73.5 Å². The SMILES string of the molecule is COc1c(N)ncnc1OCCC1CCCN1C. The molecule has 100 valence electrons. The van der Waals surface area contributed by atoms with Crippen LogP contribution in [0.1, 0.15) is 19.3 Å². The Bertz CT molecular complexity index is 400. The summed E-state index contributed by atoms with van der Waals surface area (Å²) in [6.07, 6.45) is 4.88. The van der Waals surface area contributed by atoms with Crippen LogP contribution < -0.4 is 15.2 Å². The first-order chi connectivity index (χ1) is 8.72. The monoisotopic (exact) mass is 252 g/mol. The van der Waals surface area contributed by atoms with E-state index in [1.165, 1.54) is 32.8 Å². The molecule has 0 aromatic carbocycles. The van der Waals surface area contributed by atoms with Crippen molar-refractivity contribution in [2.24, 2.45) is 0 Å². The Kier molecular flexibility index (Phi) is 4.19. The molecule has 1 atom stereocenters. The van der Waals surface area contributed by atoms with Gasteiger partial charge < -0.3 is 20.1 Å². The number of nitrogen functional groups attached to an aromatic ring is 1. The standard InChI is InChI=1S/C12H20N4O2/c1-16-6-3-4-9(16)5-7-18-12-10(17-2)11(13)14-8-15-12/h8-9H,3-7H2,1-2H3,(H2,13,14,15). The highest BCUT2D eigenvalue weighted by atomic mass is 16.5. The summed E-state index contributed by atoms with van der Waals surface area (Å²) in [6, 6.07) is 0.607. The van der Waals surface area contributed by atoms with Crippen molar-refractivity contribution >= 4 is 5.82 Å². The first-order valence-corrected chi connectivity index (χ1v) is 6.20. The minimum atomic E-state index is 0.306. The van der Waals surface area contributed by atoms with Crippen LogP contribution in [0.4, 0.5) is 5.82 Å². The molecule has 0 aliphatic carbocycles. The third kappa shape index (κ3) is 2.81. The summed E-state index contributed by atoms with van der Waals surface area (Å²) < 4.78 is 10.8. The molecule has 1 fully saturated rings. The van der Waals surface area contributed by atoms with Crippen molar-refractivity contribution in [3.63, 3.8) is 0 Å². The second-order valence-corrected chi connectivity index (χ2v) is 4.51. The Balaban J connectivity index is 1.88. The van der Waals surface area contributed by atoms with Crippen LogP contribution in [0.5, 0.6) is 11.6 Å². The molecule has 0 spiro atoms. The molecular formula is C12H20N4O2. The van der Waals surface area contributed by atoms with Crippen LogP contribution in [0.3, 0.4) is 0 Å². The number of hydrogen-bond acceptors (Lipinski definition) is 6. The van der Waals surface area contributed by atoms with Crippen molar-refractivity contribution < 1.29 is 9.47 Å². The van der Waals surface area contributed by atoms with Gasteiger partial charge in [0, 0.05) is 6.04 Å². The van der Waals surface area contributed by atoms with E-state index in [2.05, 4.69) is 21.9 Å². The molecule has 1 aliphatic heterocycles. The van der Waals surface area contributed by atoms with Gasteiger partial charge in [0.1, 0.15) is 6.33 Å². The van der Waals surface area contributed by atoms with Gasteiger partial charge in [-0.15, -0.1) is 0 Å². The zero-order chi connectivity index (χ0) is 13.0. The van der Waals surface area contributed by atoms with Gasteiger partial charge in [-0.3, -0.25) is 0 Å². The van der Waals surface area contributed by atoms with E-state index in [0.717, 1.165) is 6.42 Å². The minimum absolute atomic E-state index is 0.306. The molecule has 0 bridgehead atoms. The summed E-state index contributed by atoms with van der Waals surface area (Å²) in [6.45, 7) is 1.79. The molecule has 2 rings (SSSR count). The van der Waals surface area contributed by atoms with Crippen molar-refractivity contribution in [2.45, 2.75) is 25.3 Å². The van der Waals surface area contributed by atoms with Crippen molar-refractivity contribution in [3.05, 3.63) is 6.33 Å². The number of nitrogens with zero attached hydrogens (tertiary/aromatic N) is 3. The summed E-state index contributed by atoms with van der Waals surface area (Å²) in [5.41, 5.74) is 5.68. The Morgan fingerprint density at radius 3 is 3.00 bits per heavy atom. The lowest BCUT2D eigenvalue weighted by molar-refractivity contribution is 0.222. The normalized spacial score (nSPS) is 20.0. The predicted octanol–water partition coefficient (Wildman–Crippen LogP) is 0.930. The number of likely N-dealkylation sites (tertiary alicyclic amines) is 1. The van der Waals surface area contributed by atoms with Crippen LogP contribution in [0.2, 0.25) is 0 Å². The average Bonchev–Trinajstić information content (AvgIpc) is 2.75. The van der Waals surface area contributed by atoms with Crippen LogP contribution in [-0.4, -0.2) is 48.2 Å². The highest BCUT2D eigenvalue weighted by Gasteiger charge is 2.21. The van der Waals surface area contributed by atoms with Crippen LogP contribution in [0.25, 0.3) is 0 Å². The zero-order valence-corrected chi connectivity index (χ0v) is 10.9. The molecule has 6 nitrogen and oxygen atoms in total. The smallest absolute Gasteiger partial charge is 0.262 e. The minimum Gasteiger partial charge on any atom is -0.489 e. The molecule has 2 heterocycles. The number of nitrogens with two attached hydrogens (primary N) is 1. The highest BCUT2D eigenvalue weighted by Crippen LogP contribution is 2.28. The Hall–Kier alpha value is -1.56. The van der Waals surface area contributed by atoms with Crippen LogP contribution in [0, 0.1) is 0 Å². The summed E-state index contributed by atoms with van der Waals surface area (Å²) in [7, 11) is 3.69. The molecule has 1 unspecified atom stereocenters. The molecule has 0 saturated carbocycles. The summed E-state index contributed by atoms with van der Waals surface area (Å²) in [4.78, 5) is 10.3. The Morgan fingerprint density at radius 1 is 1.50 bits per heavy atom. The lowest BCUT2D eigenvalue weighted by Gasteiger charge is -2.19. The van der Waals surface area contributed by atoms with E-state index < -0.39 is 0 Å². The van der Waals surface area contributed by atoms with Crippen molar-refractivity contribution in [3.8, 4) is 11.6 Å². The van der Waals surface area contributed by atoms with Gasteiger partial charge in [-0.25, -0.2) is 4.98 Å². The van der Waals surface area contributed by atoms with Crippen LogP contribution >= 0.6 is 0 Å². The molecule has 1 aromatic rings. The maximum absolute atomic E-state index is 5.68. The summed E-state index contributed by atoms with van der Waals surface area (Å²) >= 11 is 0. The number of ether oxygens (including phenoxy) is 2. The molecule has 2 N–H and O–H groups in total. The highest BCUT2D eigenvalue weighted by molar-refractivity contribution is 5.51. The number of rotatable bonds is 5. The number of hydrogen-bond donors (Lipinski definition) is 1. The van der Waals surface area contributed by atoms with E-state index in [0.29, 0.717) is 30.1 Å². The third-order valence-corrected chi connectivity index (χ3v) is 3.36. The average molecular weight is 252 g/mol. The Morgan fingerprint density at radius 2 is 2.33 bits per heavy atom. The zero-order valence-electron chi connectivity index (χ0n) is 10.9. The van der Waals surface area contributed by atoms with E-state index in [1.54, 1.807) is 0 Å². The Labute approximate surface area is 107 Å². The van der Waals surface area contributed by atoms with E-state index in [1.807, 2.05) is 0 Å². The van der Waals surface area contributed by atoms with Crippen molar-refractivity contribution in [2.75, 3.05) is 33.0 Å². The van der Waals surface area contributed by atoms with Crippen molar-refractivity contribution in [1.82, 2.24) is 14.9 Å². The lowest BCUT2D eigenvalue weighted by Crippen LogP contribution is -2.26. The number of methoxy groups -OCH3 is 1. The molecule has 0 radical (unpaired) electrons. The molecule has 6 heteroatoms. The fourth-order valence-electron chi connectivity index (χ4n) is 2.30. The van der Waals surface area contributed by atoms with Crippen molar-refractivity contribution in [1.29, 1.82) is 0 Å². The van der Waals surface area contributed by atoms with E-state index in [4.69, 9.17) is 15.2 Å². The third-order valence-electron chi connectivity index (χ3n) is 3.36. The van der Waals surface area contributed by atoms with Gasteiger partial charge >= 0.3 is 0 Å². The predicted molar refractivity (Wildman–Crippen MR) is 68.8 cm³/mol. The quantitative estimate of drug-likeness (QED) is 0.840. The lowest BCUT2D eigenvalue weighted by atomic mass is 10.1. The fourth-order valence-corrected chi connectivity index (χ4v) is 2.30. The first-order valence-electron chi connectivity index (χ1n) is 6.20. The fraction of sp³-hybridized carbons (Fsp3) is 0.667. The van der Waals surface area contributed by atoms with E-state index in [9.17, 15) is 0 Å². The van der Waals surface area contributed by atoms with E-state index >= 15 is 0 Å². The van der Waals surface area contributed by atoms with Crippen LogP contribution in [-0.2, 0) is 0 Å². The largest absolute Gasteiger partial charge is 0.489 e. The number of aromatic nitrogens is 2. The van der Waals surface area contributed by atoms with E-state index in [-0.39, 0.29) is 0 Å². The molecule has 1 aliphatic rings. The maximum atomic E-state index is 5.68. The molecule has 1 aromatic heterocycles. The van der Waals surface area contributed by atoms with Crippen LogP contribution in [0.15, 0.2) is 6.33 Å². The first kappa shape index (κ1) is 12.9. The summed E-state index contributed by atoms with van der Waals surface area (Å²) in [5.74, 6) is 1.14. The molecular weight excluding hydrogens is 232 g/mol. The van der Waals surface area contributed by atoms with Gasteiger partial charge in [-0.05, 0) is 32.9 Å². The van der Waals surface area contributed by atoms with Gasteiger partial charge in [0.15, 0.2) is 5.82 Å². The molecule has 1 saturated heterocycles. The molecule has 18 heavy (non-hydrogen) atoms. The molecule has 0 amide bonds. The van der Waals surface area contributed by atoms with Gasteiger partial charge in [0.2, 0.25) is 5.75 Å². The maximum Gasteiger partial charge on any atom is 0.262 e. The second-order valence-electron chi connectivity index (χ2n) is 4.51. The number of anilines is 1. The van der Waals surface area contributed by atoms with Gasteiger partial charge in [-0.2, -0.15) is 4.98 Å². The van der Waals surface area contributed by atoms with Gasteiger partial charge in [0.25, 0.3) is 5.88 Å². The van der Waals surface area contributed by atoms with Gasteiger partial charge in [-0.1, -0.05) is 0 Å².